The Kier molecular flexibility index (Phi) is 24.7. The fourth-order valence-electron chi connectivity index (χ4n) is 12.4. The molecule has 0 amide bonds. The number of fused-ring (bicyclic) bond motifs is 6. The zero-order valence-electron chi connectivity index (χ0n) is 66.0. The Morgan fingerprint density at radius 3 is 0.984 bits per heavy atom. The van der Waals surface area contributed by atoms with Gasteiger partial charge in [-0.15, -0.1) is 20.4 Å². The molecule has 48 heteroatoms. The molecular weight excluding hydrogens is 1650 g/mol. The van der Waals surface area contributed by atoms with E-state index in [0.717, 1.165) is 22.3 Å². The van der Waals surface area contributed by atoms with Gasteiger partial charge in [0, 0.05) is 22.3 Å². The first-order chi connectivity index (χ1) is 61.7. The monoisotopic (exact) mass is 1720 g/mol. The lowest BCUT2D eigenvalue weighted by Gasteiger charge is -2.11. The fraction of sp³-hybridized carbons (Fsp3) is 0.114. The molecule has 0 radical (unpaired) electrons. The molecule has 0 saturated heterocycles. The second kappa shape index (κ2) is 37.5. The number of hydrogen-bond acceptors (Lipinski definition) is 32. The van der Waals surface area contributed by atoms with Gasteiger partial charge in [-0.05, 0) is 109 Å². The van der Waals surface area contributed by atoms with Crippen molar-refractivity contribution in [1.29, 1.82) is 0 Å². The molecule has 0 bridgehead atoms. The standard InChI is InChI=1S/C15H14N4O4.C14H12N8O2.C14H14N4O3.C12H8N8O2.C12H8N4O3.C12H10N4O2/c1-2-23-10-5-8(6-11(20)21)3-4-9(10)13-18-14-12(15(22)19-13)16-7-17-14;1-2-24-9-5-7(11-19-21-22-20-11)3-4-8(9)12-17-13-10(14(23)18-12)15-6-16-13;1-2-21-10-5-8(6-19)3-4-9(10)12-17-13-11(14(20)18-12)15-7-16-13;21-7-3-5(9-17-19-20-18-9)1-2-6(7)10-15-11-8(12(22)16-10)13-4-14-11;17-11-8-10(14-5-13-8)15-9(16-11)6-1-3-7(4-2-6)12(18)19;17-5-7-1-3-8(4-2-7)10-15-11-9(12(18)16-10)13-6-14-11/h3-5,7H,2,6H2,1H3,(H,20,21)(H2,16,17,18,19,22);3-6H,2H2,1H3,(H,19,20,21,22)(H2,15,16,17,18,23);3-5,7,19H,2,6H2,1H3,(H2,15,16,17,18,20);1-4,21H,(H,17,18,19,20)(H2,13,14,15,16,22);1-5H,(H,18,19)(H2,13,14,15,16,17);1-4,6,17H,5H2,(H2,13,14,15,16,18). The van der Waals surface area contributed by atoms with Gasteiger partial charge in [-0.3, -0.25) is 33.6 Å². The van der Waals surface area contributed by atoms with Crippen molar-refractivity contribution in [3.63, 3.8) is 0 Å². The number of carboxylic acid groups (broad SMARTS) is 2. The third kappa shape index (κ3) is 18.8. The summed E-state index contributed by atoms with van der Waals surface area (Å²) in [5.74, 6) is 2.49. The molecule has 48 nitrogen and oxygen atoms in total. The van der Waals surface area contributed by atoms with Gasteiger partial charge in [0.05, 0.1) is 105 Å². The van der Waals surface area contributed by atoms with Crippen molar-refractivity contribution in [2.24, 2.45) is 0 Å². The fourth-order valence-corrected chi connectivity index (χ4v) is 12.4. The molecule has 0 fully saturated rings. The second-order valence-electron chi connectivity index (χ2n) is 26.4. The Balaban J connectivity index is 0.000000118. The summed E-state index contributed by atoms with van der Waals surface area (Å²) < 4.78 is 16.8. The van der Waals surface area contributed by atoms with E-state index >= 15 is 0 Å². The van der Waals surface area contributed by atoms with Crippen LogP contribution in [0.2, 0.25) is 0 Å². The topological polar surface area (TPSA) is 718 Å². The number of imidazole rings is 6. The smallest absolute Gasteiger partial charge is 0.335 e. The number of aromatic amines is 14. The molecule has 6 aromatic carbocycles. The van der Waals surface area contributed by atoms with Gasteiger partial charge in [-0.2, -0.15) is 10.4 Å². The van der Waals surface area contributed by atoms with Crippen LogP contribution in [0.3, 0.4) is 0 Å². The van der Waals surface area contributed by atoms with Gasteiger partial charge in [-0.25, -0.2) is 64.6 Å². The number of nitrogens with one attached hydrogen (secondary N) is 14. The number of phenols is 1. The molecule has 20 rings (SSSR count). The number of phenolic OH excluding ortho intramolecular Hbond substituents is 1. The minimum absolute atomic E-state index is 0.0113. The van der Waals surface area contributed by atoms with E-state index < -0.39 is 11.9 Å². The van der Waals surface area contributed by atoms with Crippen molar-refractivity contribution in [2.75, 3.05) is 19.8 Å². The van der Waals surface area contributed by atoms with Crippen molar-refractivity contribution in [2.45, 2.75) is 40.4 Å². The average Bonchev–Trinajstić information content (AvgIpc) is 1.75. The third-order valence-corrected chi connectivity index (χ3v) is 18.3. The largest absolute Gasteiger partial charge is 0.507 e. The molecule has 0 aliphatic carbocycles. The van der Waals surface area contributed by atoms with Crippen LogP contribution in [0.15, 0.2) is 188 Å². The number of aromatic carboxylic acids is 1. The number of H-pyrrole nitrogens is 14. The summed E-state index contributed by atoms with van der Waals surface area (Å²) in [5, 5.41) is 73.4. The van der Waals surface area contributed by atoms with Crippen molar-refractivity contribution >= 4 is 78.9 Å². The number of aliphatic hydroxyl groups excluding tert-OH is 2. The Bertz CT molecular complexity index is 7740. The second-order valence-corrected chi connectivity index (χ2v) is 26.4. The highest BCUT2D eigenvalue weighted by Gasteiger charge is 2.21. The average molecular weight is 1720 g/mol. The number of aliphatic carboxylic acids is 1. The SMILES string of the molecule is CCOc1cc(-c2nn[nH]n2)ccc1-c1nc2nc[nH]c2c(=O)[nH]1.CCOc1cc(CC(=O)O)ccc1-c1nc2nc[nH]c2c(=O)[nH]1.CCOc1cc(CO)ccc1-c1nc2nc[nH]c2c(=O)[nH]1.O=C(O)c1ccc(-c2nc3nc[nH]c3c(=O)[nH]2)cc1.O=c1[nH]c(-c2ccc(-c3nn[nH]n3)cc2O)nc2nc[nH]c12.O=c1[nH]c(-c2ccc(CO)cc2)nc2nc[nH]c12. The molecular formula is C79H66N32O16. The lowest BCUT2D eigenvalue weighted by Crippen LogP contribution is -2.10. The van der Waals surface area contributed by atoms with Crippen LogP contribution in [0.1, 0.15) is 47.8 Å². The van der Waals surface area contributed by atoms with Crippen molar-refractivity contribution < 1.29 is 49.3 Å². The van der Waals surface area contributed by atoms with E-state index in [0.29, 0.717) is 173 Å². The zero-order valence-corrected chi connectivity index (χ0v) is 66.0. The zero-order chi connectivity index (χ0) is 88.8. The number of ether oxygens (including phenoxy) is 3. The maximum absolute atomic E-state index is 12.1. The summed E-state index contributed by atoms with van der Waals surface area (Å²) in [6.07, 6.45) is 8.36. The van der Waals surface area contributed by atoms with Crippen molar-refractivity contribution in [3.8, 4) is 114 Å². The summed E-state index contributed by atoms with van der Waals surface area (Å²) in [6, 6.07) is 33.6. The molecule has 0 unspecified atom stereocenters. The molecule has 638 valence electrons. The van der Waals surface area contributed by atoms with Gasteiger partial charge in [0.2, 0.25) is 11.6 Å². The van der Waals surface area contributed by atoms with Gasteiger partial charge >= 0.3 is 11.9 Å². The number of aromatic nitrogens is 32. The maximum Gasteiger partial charge on any atom is 0.335 e. The predicted octanol–water partition coefficient (Wildman–Crippen LogP) is 5.45. The Morgan fingerprint density at radius 1 is 0.346 bits per heavy atom. The van der Waals surface area contributed by atoms with Crippen LogP contribution in [0.25, 0.3) is 158 Å². The quantitative estimate of drug-likeness (QED) is 0.0478. The van der Waals surface area contributed by atoms with Crippen molar-refractivity contribution in [1.82, 2.24) is 161 Å². The van der Waals surface area contributed by atoms with Gasteiger partial charge in [-0.1, -0.05) is 60.7 Å². The number of tetrazole rings is 2. The van der Waals surface area contributed by atoms with E-state index in [1.165, 1.54) is 56.2 Å². The summed E-state index contributed by atoms with van der Waals surface area (Å²) in [7, 11) is 0. The molecule has 127 heavy (non-hydrogen) atoms. The highest BCUT2D eigenvalue weighted by Crippen LogP contribution is 2.35. The van der Waals surface area contributed by atoms with E-state index in [-0.39, 0.29) is 81.3 Å². The van der Waals surface area contributed by atoms with E-state index in [4.69, 9.17) is 29.5 Å². The Hall–Kier alpha value is -18.4. The van der Waals surface area contributed by atoms with E-state index in [1.54, 1.807) is 103 Å². The first kappa shape index (κ1) is 83.7. The molecule has 20 aromatic rings. The molecule has 14 heterocycles. The lowest BCUT2D eigenvalue weighted by molar-refractivity contribution is -0.136. The van der Waals surface area contributed by atoms with Crippen LogP contribution in [-0.4, -0.2) is 218 Å². The van der Waals surface area contributed by atoms with E-state index in [2.05, 4.69) is 161 Å². The van der Waals surface area contributed by atoms with Gasteiger partial charge in [0.25, 0.3) is 33.4 Å². The van der Waals surface area contributed by atoms with Crippen molar-refractivity contribution in [3.05, 3.63) is 244 Å². The molecule has 14 aromatic heterocycles. The number of hydrogen-bond donors (Lipinski definition) is 19. The number of nitrogens with zero attached hydrogens (tertiary/aromatic N) is 18. The Morgan fingerprint density at radius 2 is 0.646 bits per heavy atom. The number of benzene rings is 6. The highest BCUT2D eigenvalue weighted by atomic mass is 16.5. The van der Waals surface area contributed by atoms with Gasteiger partial charge in [0.1, 0.15) is 57.9 Å². The maximum atomic E-state index is 12.1. The van der Waals surface area contributed by atoms with Crippen LogP contribution in [-0.2, 0) is 24.4 Å². The molecule has 0 spiro atoms. The first-order valence-electron chi connectivity index (χ1n) is 37.8. The van der Waals surface area contributed by atoms with Crippen LogP contribution >= 0.6 is 0 Å². The van der Waals surface area contributed by atoms with Crippen LogP contribution < -0.4 is 47.6 Å². The molecule has 0 aliphatic heterocycles. The molecule has 0 atom stereocenters. The van der Waals surface area contributed by atoms with Gasteiger partial charge < -0.3 is 99.6 Å². The first-order valence-corrected chi connectivity index (χ1v) is 37.8. The predicted molar refractivity (Wildman–Crippen MR) is 451 cm³/mol. The number of rotatable bonds is 19. The highest BCUT2D eigenvalue weighted by molar-refractivity contribution is 5.88. The summed E-state index contributed by atoms with van der Waals surface area (Å²) >= 11 is 0. The summed E-state index contributed by atoms with van der Waals surface area (Å²) in [5.41, 5.74) is 9.32. The third-order valence-electron chi connectivity index (χ3n) is 18.3. The van der Waals surface area contributed by atoms with Crippen LogP contribution in [0.4, 0.5) is 0 Å². The van der Waals surface area contributed by atoms with Gasteiger partial charge in [0.15, 0.2) is 67.0 Å². The molecule has 19 N–H and O–H groups in total. The Labute approximate surface area is 704 Å². The minimum atomic E-state index is -1.00. The minimum Gasteiger partial charge on any atom is -0.507 e. The summed E-state index contributed by atoms with van der Waals surface area (Å²) in [6.45, 7) is 6.79. The number of aliphatic hydroxyl groups is 2. The van der Waals surface area contributed by atoms with E-state index in [1.807, 2.05) is 20.8 Å². The number of carbonyl (C=O) groups is 2. The normalized spacial score (nSPS) is 10.9. The molecule has 0 aliphatic rings. The molecule has 0 saturated carbocycles. The van der Waals surface area contributed by atoms with Crippen LogP contribution in [0, 0.1) is 0 Å². The lowest BCUT2D eigenvalue weighted by atomic mass is 10.1. The summed E-state index contributed by atoms with van der Waals surface area (Å²) in [4.78, 5) is 175. The number of carboxylic acids is 2. The number of aromatic hydroxyl groups is 1. The van der Waals surface area contributed by atoms with Crippen LogP contribution in [0.5, 0.6) is 23.0 Å². The van der Waals surface area contributed by atoms with E-state index in [9.17, 15) is 48.6 Å².